The van der Waals surface area contributed by atoms with Crippen LogP contribution < -0.4 is 5.32 Å². The number of aliphatic hydroxyl groups is 1. The molecule has 1 saturated heterocycles. The van der Waals surface area contributed by atoms with Crippen molar-refractivity contribution in [3.8, 4) is 0 Å². The molecular formula is C21H33N3O2S2. The van der Waals surface area contributed by atoms with E-state index in [0.717, 1.165) is 54.7 Å². The van der Waals surface area contributed by atoms with Crippen LogP contribution in [0.15, 0.2) is 0 Å². The van der Waals surface area contributed by atoms with Crippen molar-refractivity contribution in [2.24, 2.45) is 23.2 Å². The third kappa shape index (κ3) is 3.37. The lowest BCUT2D eigenvalue weighted by Gasteiger charge is -2.53. The number of nitrogens with zero attached hydrogens (tertiary/aromatic N) is 2. The molecule has 0 aromatic carbocycles. The SMILES string of the molecule is CNc1nc2c(s1)C[C@@]1(C)CC[C@@H]([C@H](C)C(=O)N3CCSCC3)[C@H](O)[C@H]1[C@H]2C. The van der Waals surface area contributed by atoms with Gasteiger partial charge < -0.3 is 15.3 Å². The van der Waals surface area contributed by atoms with E-state index in [1.165, 1.54) is 4.88 Å². The van der Waals surface area contributed by atoms with E-state index in [0.29, 0.717) is 0 Å². The number of rotatable bonds is 3. The van der Waals surface area contributed by atoms with Crippen molar-refractivity contribution in [2.45, 2.75) is 52.1 Å². The Morgan fingerprint density at radius 2 is 2.11 bits per heavy atom. The van der Waals surface area contributed by atoms with Gasteiger partial charge in [-0.2, -0.15) is 11.8 Å². The Kier molecular flexibility index (Phi) is 5.71. The van der Waals surface area contributed by atoms with Gasteiger partial charge in [0.25, 0.3) is 0 Å². The third-order valence-electron chi connectivity index (χ3n) is 7.49. The van der Waals surface area contributed by atoms with Gasteiger partial charge in [0.05, 0.1) is 11.8 Å². The maximum absolute atomic E-state index is 13.1. The Balaban J connectivity index is 1.56. The van der Waals surface area contributed by atoms with Crippen molar-refractivity contribution in [1.82, 2.24) is 9.88 Å². The minimum absolute atomic E-state index is 0.0477. The van der Waals surface area contributed by atoms with E-state index in [2.05, 4.69) is 19.2 Å². The summed E-state index contributed by atoms with van der Waals surface area (Å²) < 4.78 is 0. The summed E-state index contributed by atoms with van der Waals surface area (Å²) >= 11 is 3.68. The van der Waals surface area contributed by atoms with Crippen molar-refractivity contribution in [3.05, 3.63) is 10.6 Å². The van der Waals surface area contributed by atoms with Crippen molar-refractivity contribution in [2.75, 3.05) is 37.0 Å². The number of carbonyl (C=O) groups excluding carboxylic acids is 1. The van der Waals surface area contributed by atoms with Crippen molar-refractivity contribution in [3.63, 3.8) is 0 Å². The second-order valence-corrected chi connectivity index (χ2v) is 11.5. The van der Waals surface area contributed by atoms with E-state index in [4.69, 9.17) is 4.98 Å². The van der Waals surface area contributed by atoms with Gasteiger partial charge in [0.1, 0.15) is 0 Å². The van der Waals surface area contributed by atoms with E-state index in [1.54, 1.807) is 11.3 Å². The van der Waals surface area contributed by atoms with Crippen LogP contribution in [-0.2, 0) is 11.2 Å². The van der Waals surface area contributed by atoms with Gasteiger partial charge in [0, 0.05) is 48.4 Å². The predicted octanol–water partition coefficient (Wildman–Crippen LogP) is 3.45. The van der Waals surface area contributed by atoms with E-state index in [9.17, 15) is 9.90 Å². The second kappa shape index (κ2) is 7.80. The van der Waals surface area contributed by atoms with E-state index >= 15 is 0 Å². The number of carbonyl (C=O) groups is 1. The summed E-state index contributed by atoms with van der Waals surface area (Å²) in [5, 5.41) is 15.6. The van der Waals surface area contributed by atoms with Crippen LogP contribution >= 0.6 is 23.1 Å². The molecule has 1 saturated carbocycles. The Morgan fingerprint density at radius 3 is 2.79 bits per heavy atom. The Labute approximate surface area is 176 Å². The van der Waals surface area contributed by atoms with E-state index in [-0.39, 0.29) is 35.0 Å². The van der Waals surface area contributed by atoms with Crippen molar-refractivity contribution in [1.29, 1.82) is 0 Å². The number of thioether (sulfide) groups is 1. The quantitative estimate of drug-likeness (QED) is 0.780. The molecule has 0 spiro atoms. The molecule has 2 aliphatic carbocycles. The largest absolute Gasteiger partial charge is 0.392 e. The molecule has 1 aromatic rings. The van der Waals surface area contributed by atoms with Gasteiger partial charge in [-0.05, 0) is 36.5 Å². The highest BCUT2D eigenvalue weighted by Crippen LogP contribution is 2.57. The summed E-state index contributed by atoms with van der Waals surface area (Å²) in [4.78, 5) is 21.3. The van der Waals surface area contributed by atoms with Gasteiger partial charge in [-0.15, -0.1) is 11.3 Å². The average molecular weight is 424 g/mol. The van der Waals surface area contributed by atoms with E-state index < -0.39 is 6.10 Å². The summed E-state index contributed by atoms with van der Waals surface area (Å²) in [6.45, 7) is 8.30. The fourth-order valence-corrected chi connectivity index (χ4v) is 8.03. The zero-order valence-corrected chi connectivity index (χ0v) is 19.0. The maximum Gasteiger partial charge on any atom is 0.225 e. The highest BCUT2D eigenvalue weighted by molar-refractivity contribution is 7.99. The van der Waals surface area contributed by atoms with E-state index in [1.807, 2.05) is 30.6 Å². The highest BCUT2D eigenvalue weighted by atomic mass is 32.2. The number of thiazole rings is 1. The Hall–Kier alpha value is -0.790. The maximum atomic E-state index is 13.1. The molecule has 28 heavy (non-hydrogen) atoms. The predicted molar refractivity (Wildman–Crippen MR) is 117 cm³/mol. The highest BCUT2D eigenvalue weighted by Gasteiger charge is 2.54. The van der Waals surface area contributed by atoms with Crippen LogP contribution in [0.2, 0.25) is 0 Å². The minimum Gasteiger partial charge on any atom is -0.392 e. The first-order valence-electron chi connectivity index (χ1n) is 10.6. The molecule has 156 valence electrons. The molecule has 2 fully saturated rings. The number of hydrogen-bond donors (Lipinski definition) is 2. The van der Waals surface area contributed by atoms with Crippen LogP contribution in [0.1, 0.15) is 50.1 Å². The first kappa shape index (κ1) is 20.5. The third-order valence-corrected chi connectivity index (χ3v) is 9.52. The lowest BCUT2D eigenvalue weighted by atomic mass is 9.53. The molecule has 0 bridgehead atoms. The van der Waals surface area contributed by atoms with Gasteiger partial charge in [0.15, 0.2) is 5.13 Å². The number of amides is 1. The van der Waals surface area contributed by atoms with Crippen LogP contribution in [0, 0.1) is 23.2 Å². The summed E-state index contributed by atoms with van der Waals surface area (Å²) in [5.74, 6) is 2.62. The molecule has 7 heteroatoms. The summed E-state index contributed by atoms with van der Waals surface area (Å²) in [5.41, 5.74) is 1.24. The molecule has 2 N–H and O–H groups in total. The lowest BCUT2D eigenvalue weighted by Crippen LogP contribution is -2.54. The average Bonchev–Trinajstić information content (AvgIpc) is 3.10. The van der Waals surface area contributed by atoms with Crippen LogP contribution in [-0.4, -0.2) is 58.6 Å². The molecule has 5 nitrogen and oxygen atoms in total. The van der Waals surface area contributed by atoms with Crippen molar-refractivity contribution >= 4 is 34.1 Å². The van der Waals surface area contributed by atoms with Gasteiger partial charge in [0.2, 0.25) is 5.91 Å². The van der Waals surface area contributed by atoms with Crippen LogP contribution in [0.5, 0.6) is 0 Å². The summed E-state index contributed by atoms with van der Waals surface area (Å²) in [7, 11) is 1.92. The Bertz CT molecular complexity index is 733. The zero-order valence-electron chi connectivity index (χ0n) is 17.4. The van der Waals surface area contributed by atoms with Crippen LogP contribution in [0.3, 0.4) is 0 Å². The lowest BCUT2D eigenvalue weighted by molar-refractivity contribution is -0.144. The van der Waals surface area contributed by atoms with Gasteiger partial charge in [-0.3, -0.25) is 4.79 Å². The molecule has 3 aliphatic rings. The standard InChI is InChI=1S/C21H33N3O2S2/c1-12(19(26)24-7-9-27-10-8-24)14-5-6-21(3)11-15-17(23-20(22-4)28-15)13(2)16(21)18(14)25/h12-14,16,18,25H,5-11H2,1-4H3,(H,22,23)/t12-,13+,14-,16+,18-,21+/m0/s1. The van der Waals surface area contributed by atoms with Gasteiger partial charge >= 0.3 is 0 Å². The molecule has 6 atom stereocenters. The van der Waals surface area contributed by atoms with Crippen molar-refractivity contribution < 1.29 is 9.90 Å². The molecular weight excluding hydrogens is 390 g/mol. The minimum atomic E-state index is -0.445. The normalized spacial score (nSPS) is 36.4. The smallest absolute Gasteiger partial charge is 0.225 e. The van der Waals surface area contributed by atoms with Crippen LogP contribution in [0.4, 0.5) is 5.13 Å². The molecule has 1 amide bonds. The molecule has 1 aliphatic heterocycles. The number of hydrogen-bond acceptors (Lipinski definition) is 6. The molecule has 1 aromatic heterocycles. The fraction of sp³-hybridized carbons (Fsp3) is 0.810. The molecule has 0 unspecified atom stereocenters. The molecule has 4 rings (SSSR count). The Morgan fingerprint density at radius 1 is 1.39 bits per heavy atom. The topological polar surface area (TPSA) is 65.5 Å². The van der Waals surface area contributed by atoms with Gasteiger partial charge in [-0.1, -0.05) is 20.8 Å². The fourth-order valence-electron chi connectivity index (χ4n) is 5.91. The number of aliphatic hydroxyl groups excluding tert-OH is 1. The molecule has 0 radical (unpaired) electrons. The van der Waals surface area contributed by atoms with Gasteiger partial charge in [-0.25, -0.2) is 4.98 Å². The monoisotopic (exact) mass is 423 g/mol. The zero-order chi connectivity index (χ0) is 20.1. The number of anilines is 1. The van der Waals surface area contributed by atoms with Crippen LogP contribution in [0.25, 0.3) is 0 Å². The second-order valence-electron chi connectivity index (χ2n) is 9.14. The number of nitrogens with one attached hydrogen (secondary N) is 1. The number of fused-ring (bicyclic) bond motifs is 2. The summed E-state index contributed by atoms with van der Waals surface area (Å²) in [6, 6.07) is 0. The summed E-state index contributed by atoms with van der Waals surface area (Å²) in [6.07, 6.45) is 2.55. The first-order valence-corrected chi connectivity index (χ1v) is 12.5. The number of aromatic nitrogens is 1. The first-order chi connectivity index (χ1) is 13.4. The molecule has 2 heterocycles.